The number of anilines is 1. The molecule has 1 saturated carbocycles. The summed E-state index contributed by atoms with van der Waals surface area (Å²) in [5, 5.41) is 10.9. The molecule has 1 N–H and O–H groups in total. The van der Waals surface area contributed by atoms with E-state index in [4.69, 9.17) is 4.74 Å². The van der Waals surface area contributed by atoms with Crippen LogP contribution in [0.2, 0.25) is 0 Å². The van der Waals surface area contributed by atoms with E-state index in [0.717, 1.165) is 83.9 Å². The summed E-state index contributed by atoms with van der Waals surface area (Å²) < 4.78 is 5.47. The topological polar surface area (TPSA) is 61.7 Å². The van der Waals surface area contributed by atoms with E-state index >= 15 is 0 Å². The second-order valence-electron chi connectivity index (χ2n) is 7.47. The van der Waals surface area contributed by atoms with Crippen molar-refractivity contribution in [1.29, 1.82) is 0 Å². The van der Waals surface area contributed by atoms with Crippen molar-refractivity contribution >= 4 is 5.82 Å². The monoisotopic (exact) mass is 332 g/mol. The maximum Gasteiger partial charge on any atom is 0.136 e. The van der Waals surface area contributed by atoms with Gasteiger partial charge in [-0.15, -0.1) is 0 Å². The van der Waals surface area contributed by atoms with E-state index < -0.39 is 5.60 Å². The second kappa shape index (κ2) is 6.94. The Balaban J connectivity index is 1.51. The summed E-state index contributed by atoms with van der Waals surface area (Å²) in [6.45, 7) is 5.94. The summed E-state index contributed by atoms with van der Waals surface area (Å²) in [7, 11) is 0. The molecule has 2 fully saturated rings. The lowest BCUT2D eigenvalue weighted by molar-refractivity contribution is -0.0293. The zero-order chi connectivity index (χ0) is 16.4. The van der Waals surface area contributed by atoms with Crippen molar-refractivity contribution in [3.63, 3.8) is 0 Å². The summed E-state index contributed by atoms with van der Waals surface area (Å²) in [4.78, 5) is 13.8. The summed E-state index contributed by atoms with van der Waals surface area (Å²) >= 11 is 0. The first kappa shape index (κ1) is 16.2. The summed E-state index contributed by atoms with van der Waals surface area (Å²) in [6, 6.07) is 0. The molecule has 1 aliphatic carbocycles. The molecule has 0 unspecified atom stereocenters. The van der Waals surface area contributed by atoms with Gasteiger partial charge in [0.1, 0.15) is 12.1 Å². The fourth-order valence-electron chi connectivity index (χ4n) is 4.35. The predicted molar refractivity (Wildman–Crippen MR) is 92.1 cm³/mol. The Hall–Kier alpha value is -1.24. The van der Waals surface area contributed by atoms with E-state index in [1.54, 1.807) is 6.33 Å². The van der Waals surface area contributed by atoms with Crippen LogP contribution in [-0.4, -0.2) is 65.0 Å². The van der Waals surface area contributed by atoms with Crippen LogP contribution in [0.3, 0.4) is 0 Å². The lowest BCUT2D eigenvalue weighted by atomic mass is 9.84. The molecule has 0 atom stereocenters. The molecule has 3 aliphatic rings. The Labute approximate surface area is 143 Å². The van der Waals surface area contributed by atoms with Gasteiger partial charge in [-0.05, 0) is 12.8 Å². The van der Waals surface area contributed by atoms with Crippen LogP contribution in [0.1, 0.15) is 43.4 Å². The molecule has 3 heterocycles. The zero-order valence-electron chi connectivity index (χ0n) is 14.4. The van der Waals surface area contributed by atoms with Crippen molar-refractivity contribution in [2.45, 2.75) is 50.7 Å². The lowest BCUT2D eigenvalue weighted by Crippen LogP contribution is -2.46. The van der Waals surface area contributed by atoms with Crippen LogP contribution in [-0.2, 0) is 17.7 Å². The molecule has 24 heavy (non-hydrogen) atoms. The SMILES string of the molecule is OC1(CN2CCc3ncnc(N4CCOCC4)c3C2)CCCCC1. The van der Waals surface area contributed by atoms with Gasteiger partial charge < -0.3 is 14.7 Å². The molecule has 132 valence electrons. The quantitative estimate of drug-likeness (QED) is 0.902. The number of hydrogen-bond acceptors (Lipinski definition) is 6. The van der Waals surface area contributed by atoms with Crippen molar-refractivity contribution in [3.8, 4) is 0 Å². The third-order valence-corrected chi connectivity index (χ3v) is 5.67. The molecule has 4 rings (SSSR count). The third-order valence-electron chi connectivity index (χ3n) is 5.67. The second-order valence-corrected chi connectivity index (χ2v) is 7.47. The van der Waals surface area contributed by atoms with Crippen molar-refractivity contribution in [1.82, 2.24) is 14.9 Å². The minimum absolute atomic E-state index is 0.496. The fraction of sp³-hybridized carbons (Fsp3) is 0.778. The standard InChI is InChI=1S/C18H28N4O2/c23-18(5-2-1-3-6-18)13-21-7-4-16-15(12-21)17(20-14-19-16)22-8-10-24-11-9-22/h14,23H,1-13H2. The van der Waals surface area contributed by atoms with Gasteiger partial charge in [0.05, 0.1) is 24.5 Å². The average Bonchev–Trinajstić information content (AvgIpc) is 2.62. The van der Waals surface area contributed by atoms with Gasteiger partial charge in [-0.3, -0.25) is 4.90 Å². The predicted octanol–water partition coefficient (Wildman–Crippen LogP) is 1.37. The Bertz CT molecular complexity index is 568. The highest BCUT2D eigenvalue weighted by molar-refractivity contribution is 5.49. The number of fused-ring (bicyclic) bond motifs is 1. The van der Waals surface area contributed by atoms with Crippen molar-refractivity contribution in [3.05, 3.63) is 17.6 Å². The van der Waals surface area contributed by atoms with Gasteiger partial charge in [-0.1, -0.05) is 19.3 Å². The highest BCUT2D eigenvalue weighted by atomic mass is 16.5. The van der Waals surface area contributed by atoms with E-state index in [0.29, 0.717) is 0 Å². The molecule has 6 nitrogen and oxygen atoms in total. The number of aromatic nitrogens is 2. The summed E-state index contributed by atoms with van der Waals surface area (Å²) in [6.07, 6.45) is 8.11. The Morgan fingerprint density at radius 3 is 2.67 bits per heavy atom. The third kappa shape index (κ3) is 3.41. The largest absolute Gasteiger partial charge is 0.389 e. The number of rotatable bonds is 3. The maximum absolute atomic E-state index is 10.9. The summed E-state index contributed by atoms with van der Waals surface area (Å²) in [5.41, 5.74) is 1.94. The molecule has 0 aromatic carbocycles. The van der Waals surface area contributed by atoms with Crippen LogP contribution in [0.15, 0.2) is 6.33 Å². The van der Waals surface area contributed by atoms with E-state index in [-0.39, 0.29) is 0 Å². The van der Waals surface area contributed by atoms with Crippen LogP contribution in [0.4, 0.5) is 5.82 Å². The molecule has 0 radical (unpaired) electrons. The first-order valence-electron chi connectivity index (χ1n) is 9.34. The summed E-state index contributed by atoms with van der Waals surface area (Å²) in [5.74, 6) is 1.07. The minimum Gasteiger partial charge on any atom is -0.389 e. The minimum atomic E-state index is -0.496. The van der Waals surface area contributed by atoms with Crippen molar-refractivity contribution < 1.29 is 9.84 Å². The fourth-order valence-corrected chi connectivity index (χ4v) is 4.35. The molecular weight excluding hydrogens is 304 g/mol. The van der Waals surface area contributed by atoms with Gasteiger partial charge in [-0.2, -0.15) is 0 Å². The van der Waals surface area contributed by atoms with Gasteiger partial charge in [0, 0.05) is 44.7 Å². The Morgan fingerprint density at radius 2 is 1.88 bits per heavy atom. The number of nitrogens with zero attached hydrogens (tertiary/aromatic N) is 4. The number of aliphatic hydroxyl groups is 1. The van der Waals surface area contributed by atoms with Crippen LogP contribution >= 0.6 is 0 Å². The van der Waals surface area contributed by atoms with Gasteiger partial charge in [-0.25, -0.2) is 9.97 Å². The molecule has 1 saturated heterocycles. The van der Waals surface area contributed by atoms with E-state index in [2.05, 4.69) is 19.8 Å². The number of morpholine rings is 1. The van der Waals surface area contributed by atoms with Crippen molar-refractivity contribution in [2.24, 2.45) is 0 Å². The molecule has 2 aliphatic heterocycles. The molecule has 0 bridgehead atoms. The molecule has 1 aromatic rings. The van der Waals surface area contributed by atoms with Crippen LogP contribution < -0.4 is 4.90 Å². The normalized spacial score (nSPS) is 24.6. The average molecular weight is 332 g/mol. The van der Waals surface area contributed by atoms with E-state index in [1.807, 2.05) is 0 Å². The van der Waals surface area contributed by atoms with Crippen LogP contribution in [0, 0.1) is 0 Å². The van der Waals surface area contributed by atoms with Gasteiger partial charge in [0.2, 0.25) is 0 Å². The van der Waals surface area contributed by atoms with E-state index in [1.165, 1.54) is 17.7 Å². The molecule has 0 spiro atoms. The van der Waals surface area contributed by atoms with Crippen LogP contribution in [0.5, 0.6) is 0 Å². The smallest absolute Gasteiger partial charge is 0.136 e. The molecular formula is C18H28N4O2. The Morgan fingerprint density at radius 1 is 1.08 bits per heavy atom. The van der Waals surface area contributed by atoms with E-state index in [9.17, 15) is 5.11 Å². The number of β-amino-alcohol motifs (C(OH)–C–C–N with tert-alkyl or cyclic N) is 1. The molecule has 0 amide bonds. The zero-order valence-corrected chi connectivity index (χ0v) is 14.4. The first-order chi connectivity index (χ1) is 11.7. The number of ether oxygens (including phenoxy) is 1. The highest BCUT2D eigenvalue weighted by Crippen LogP contribution is 2.32. The van der Waals surface area contributed by atoms with Gasteiger partial charge in [0.25, 0.3) is 0 Å². The number of hydrogen-bond donors (Lipinski definition) is 1. The van der Waals surface area contributed by atoms with Gasteiger partial charge >= 0.3 is 0 Å². The highest BCUT2D eigenvalue weighted by Gasteiger charge is 2.33. The molecule has 1 aromatic heterocycles. The van der Waals surface area contributed by atoms with Crippen molar-refractivity contribution in [2.75, 3.05) is 44.3 Å². The lowest BCUT2D eigenvalue weighted by Gasteiger charge is -2.39. The first-order valence-corrected chi connectivity index (χ1v) is 9.34. The molecule has 6 heteroatoms. The van der Waals surface area contributed by atoms with Crippen LogP contribution in [0.25, 0.3) is 0 Å². The van der Waals surface area contributed by atoms with Gasteiger partial charge in [0.15, 0.2) is 0 Å². The Kier molecular flexibility index (Phi) is 4.70. The maximum atomic E-state index is 10.9.